The third-order valence-electron chi connectivity index (χ3n) is 4.47. The number of nitrogens with one attached hydrogen (secondary N) is 1. The molecule has 0 aliphatic carbocycles. The van der Waals surface area contributed by atoms with Gasteiger partial charge in [-0.05, 0) is 89.4 Å². The van der Waals surface area contributed by atoms with E-state index in [9.17, 15) is 15.0 Å². The lowest BCUT2D eigenvalue weighted by Gasteiger charge is -2.28. The highest BCUT2D eigenvalue weighted by Crippen LogP contribution is 2.36. The standard InChI is InChI=1S/C19H20INO5/c1-10-4-11(5-14(20)19(10)26-9-18(24)25)6-15-13-8-17(23)16(22)7-12(13)2-3-21-15/h4-5,7-8,15,21-23H,2-3,6,9H2,1H3,(H,24,25). The van der Waals surface area contributed by atoms with Crippen molar-refractivity contribution in [2.24, 2.45) is 0 Å². The number of hydrogen-bond acceptors (Lipinski definition) is 5. The Labute approximate surface area is 165 Å². The Hall–Kier alpha value is -2.00. The average molecular weight is 469 g/mol. The van der Waals surface area contributed by atoms with Crippen molar-refractivity contribution in [2.75, 3.05) is 13.2 Å². The van der Waals surface area contributed by atoms with Crippen LogP contribution in [-0.2, 0) is 17.6 Å². The summed E-state index contributed by atoms with van der Waals surface area (Å²) < 4.78 is 6.24. The maximum absolute atomic E-state index is 10.7. The summed E-state index contributed by atoms with van der Waals surface area (Å²) in [6, 6.07) is 7.28. The summed E-state index contributed by atoms with van der Waals surface area (Å²) in [7, 11) is 0. The normalized spacial score (nSPS) is 16.2. The van der Waals surface area contributed by atoms with Crippen LogP contribution in [0.4, 0.5) is 0 Å². The Balaban J connectivity index is 1.84. The predicted molar refractivity (Wildman–Crippen MR) is 105 cm³/mol. The van der Waals surface area contributed by atoms with Crippen LogP contribution in [0.5, 0.6) is 17.2 Å². The van der Waals surface area contributed by atoms with Crippen LogP contribution >= 0.6 is 22.6 Å². The number of rotatable bonds is 5. The molecule has 1 heterocycles. The van der Waals surface area contributed by atoms with Gasteiger partial charge < -0.3 is 25.4 Å². The van der Waals surface area contributed by atoms with Crippen molar-refractivity contribution in [3.05, 3.63) is 50.1 Å². The van der Waals surface area contributed by atoms with E-state index in [2.05, 4.69) is 27.9 Å². The van der Waals surface area contributed by atoms with E-state index in [4.69, 9.17) is 9.84 Å². The zero-order chi connectivity index (χ0) is 18.8. The van der Waals surface area contributed by atoms with Crippen molar-refractivity contribution in [1.29, 1.82) is 0 Å². The van der Waals surface area contributed by atoms with E-state index in [1.807, 2.05) is 19.1 Å². The molecule has 2 aromatic carbocycles. The summed E-state index contributed by atoms with van der Waals surface area (Å²) >= 11 is 2.15. The molecule has 138 valence electrons. The molecule has 1 aliphatic heterocycles. The quantitative estimate of drug-likeness (QED) is 0.397. The number of carboxylic acid groups (broad SMARTS) is 1. The maximum atomic E-state index is 10.7. The highest BCUT2D eigenvalue weighted by Gasteiger charge is 2.22. The van der Waals surface area contributed by atoms with Crippen LogP contribution in [0, 0.1) is 10.5 Å². The Morgan fingerprint density at radius 2 is 2.00 bits per heavy atom. The summed E-state index contributed by atoms with van der Waals surface area (Å²) in [6.07, 6.45) is 1.52. The summed E-state index contributed by atoms with van der Waals surface area (Å²) in [6.45, 7) is 2.34. The van der Waals surface area contributed by atoms with E-state index in [0.29, 0.717) is 12.2 Å². The molecule has 0 radical (unpaired) electrons. The molecule has 1 unspecified atom stereocenters. The number of carbonyl (C=O) groups is 1. The smallest absolute Gasteiger partial charge is 0.341 e. The SMILES string of the molecule is Cc1cc(CC2NCCc3cc(O)c(O)cc32)cc(I)c1OCC(=O)O. The first kappa shape index (κ1) is 18.8. The van der Waals surface area contributed by atoms with Crippen LogP contribution < -0.4 is 10.1 Å². The van der Waals surface area contributed by atoms with E-state index >= 15 is 0 Å². The molecule has 0 bridgehead atoms. The number of hydrogen-bond donors (Lipinski definition) is 4. The van der Waals surface area contributed by atoms with Crippen LogP contribution in [0.3, 0.4) is 0 Å². The lowest BCUT2D eigenvalue weighted by Crippen LogP contribution is -2.31. The van der Waals surface area contributed by atoms with Crippen molar-refractivity contribution < 1.29 is 24.9 Å². The van der Waals surface area contributed by atoms with Gasteiger partial charge in [0.1, 0.15) is 5.75 Å². The molecule has 0 fully saturated rings. The molecule has 3 rings (SSSR count). The van der Waals surface area contributed by atoms with Crippen LogP contribution in [0.2, 0.25) is 0 Å². The molecule has 0 spiro atoms. The second-order valence-electron chi connectivity index (χ2n) is 6.41. The van der Waals surface area contributed by atoms with Crippen LogP contribution in [0.1, 0.15) is 28.3 Å². The Morgan fingerprint density at radius 3 is 2.69 bits per heavy atom. The van der Waals surface area contributed by atoms with E-state index < -0.39 is 5.97 Å². The molecule has 4 N–H and O–H groups in total. The molecule has 1 aliphatic rings. The van der Waals surface area contributed by atoms with Crippen molar-refractivity contribution in [1.82, 2.24) is 5.32 Å². The Morgan fingerprint density at radius 1 is 1.27 bits per heavy atom. The van der Waals surface area contributed by atoms with E-state index in [1.165, 1.54) is 0 Å². The van der Waals surface area contributed by atoms with Gasteiger partial charge in [-0.15, -0.1) is 0 Å². The Bertz CT molecular complexity index is 829. The van der Waals surface area contributed by atoms with Crippen molar-refractivity contribution in [3.63, 3.8) is 0 Å². The van der Waals surface area contributed by atoms with Gasteiger partial charge >= 0.3 is 5.97 Å². The van der Waals surface area contributed by atoms with Crippen molar-refractivity contribution in [2.45, 2.75) is 25.8 Å². The lowest BCUT2D eigenvalue weighted by molar-refractivity contribution is -0.139. The van der Waals surface area contributed by atoms with E-state index in [0.717, 1.165) is 38.8 Å². The number of ether oxygens (including phenoxy) is 1. The fourth-order valence-corrected chi connectivity index (χ4v) is 4.30. The number of phenols is 2. The van der Waals surface area contributed by atoms with Crippen LogP contribution in [-0.4, -0.2) is 34.4 Å². The number of aryl methyl sites for hydroxylation is 1. The van der Waals surface area contributed by atoms with Gasteiger partial charge in [0.05, 0.1) is 3.57 Å². The first-order chi connectivity index (χ1) is 12.3. The fourth-order valence-electron chi connectivity index (χ4n) is 3.32. The van der Waals surface area contributed by atoms with Gasteiger partial charge in [-0.2, -0.15) is 0 Å². The monoisotopic (exact) mass is 469 g/mol. The van der Waals surface area contributed by atoms with E-state index in [1.54, 1.807) is 12.1 Å². The van der Waals surface area contributed by atoms with Gasteiger partial charge in [-0.25, -0.2) is 4.79 Å². The minimum absolute atomic E-state index is 0.0336. The summed E-state index contributed by atoms with van der Waals surface area (Å²) in [5.74, 6) is -0.609. The lowest BCUT2D eigenvalue weighted by atomic mass is 9.89. The zero-order valence-electron chi connectivity index (χ0n) is 14.3. The third kappa shape index (κ3) is 4.04. The molecular weight excluding hydrogens is 449 g/mol. The second kappa shape index (κ2) is 7.71. The molecule has 26 heavy (non-hydrogen) atoms. The second-order valence-corrected chi connectivity index (χ2v) is 7.57. The first-order valence-corrected chi connectivity index (χ1v) is 9.34. The third-order valence-corrected chi connectivity index (χ3v) is 5.27. The first-order valence-electron chi connectivity index (χ1n) is 8.27. The average Bonchev–Trinajstić information content (AvgIpc) is 2.55. The van der Waals surface area contributed by atoms with Crippen molar-refractivity contribution >= 4 is 28.6 Å². The molecule has 0 saturated heterocycles. The molecule has 7 heteroatoms. The number of carboxylic acids is 1. The molecule has 0 aromatic heterocycles. The van der Waals surface area contributed by atoms with Gasteiger partial charge in [-0.3, -0.25) is 0 Å². The van der Waals surface area contributed by atoms with Crippen molar-refractivity contribution in [3.8, 4) is 17.2 Å². The molecular formula is C19H20INO5. The molecule has 0 amide bonds. The zero-order valence-corrected chi connectivity index (χ0v) is 16.4. The van der Waals surface area contributed by atoms with Gasteiger partial charge in [0.25, 0.3) is 0 Å². The van der Waals surface area contributed by atoms with Gasteiger partial charge in [0.2, 0.25) is 0 Å². The maximum Gasteiger partial charge on any atom is 0.341 e. The van der Waals surface area contributed by atoms with Crippen LogP contribution in [0.15, 0.2) is 24.3 Å². The number of aliphatic carboxylic acids is 1. The highest BCUT2D eigenvalue weighted by atomic mass is 127. The number of benzene rings is 2. The summed E-state index contributed by atoms with van der Waals surface area (Å²) in [5.41, 5.74) is 4.01. The van der Waals surface area contributed by atoms with Gasteiger partial charge in [0, 0.05) is 6.04 Å². The van der Waals surface area contributed by atoms with Gasteiger partial charge in [0.15, 0.2) is 18.1 Å². The van der Waals surface area contributed by atoms with E-state index in [-0.39, 0.29) is 24.1 Å². The Kier molecular flexibility index (Phi) is 5.57. The molecule has 1 atom stereocenters. The number of halogens is 1. The van der Waals surface area contributed by atoms with Gasteiger partial charge in [-0.1, -0.05) is 6.07 Å². The highest BCUT2D eigenvalue weighted by molar-refractivity contribution is 14.1. The molecule has 2 aromatic rings. The topological polar surface area (TPSA) is 99.0 Å². The molecule has 0 saturated carbocycles. The number of phenolic OH excluding ortho intramolecular Hbond substituents is 2. The minimum atomic E-state index is -1.00. The largest absolute Gasteiger partial charge is 0.504 e. The number of aromatic hydroxyl groups is 2. The summed E-state index contributed by atoms with van der Waals surface area (Å²) in [4.78, 5) is 10.7. The fraction of sp³-hybridized carbons (Fsp3) is 0.316. The van der Waals surface area contributed by atoms with Crippen LogP contribution in [0.25, 0.3) is 0 Å². The predicted octanol–water partition coefficient (Wildman–Crippen LogP) is 2.90. The summed E-state index contributed by atoms with van der Waals surface area (Å²) in [5, 5.41) is 31.8. The molecule has 6 nitrogen and oxygen atoms in total. The number of fused-ring (bicyclic) bond motifs is 1. The minimum Gasteiger partial charge on any atom is -0.504 e.